The van der Waals surface area contributed by atoms with Crippen molar-refractivity contribution in [3.63, 3.8) is 0 Å². The van der Waals surface area contributed by atoms with Crippen LogP contribution in [-0.4, -0.2) is 23.7 Å². The summed E-state index contributed by atoms with van der Waals surface area (Å²) in [5, 5.41) is -0.179. The number of aromatic amines is 1. The molecule has 1 aliphatic carbocycles. The van der Waals surface area contributed by atoms with E-state index in [1.165, 1.54) is 17.0 Å². The number of H-pyrrole nitrogens is 1. The minimum atomic E-state index is -4.77. The molecule has 27 heavy (non-hydrogen) atoms. The summed E-state index contributed by atoms with van der Waals surface area (Å²) in [5.74, 6) is -0.410. The number of hydrogen-bond acceptors (Lipinski definition) is 2. The predicted molar refractivity (Wildman–Crippen MR) is 88.0 cm³/mol. The van der Waals surface area contributed by atoms with Crippen LogP contribution in [0.5, 0.6) is 0 Å². The summed E-state index contributed by atoms with van der Waals surface area (Å²) in [6, 6.07) is 2.69. The highest BCUT2D eigenvalue weighted by molar-refractivity contribution is 5.93. The van der Waals surface area contributed by atoms with Gasteiger partial charge in [-0.2, -0.15) is 26.3 Å². The second kappa shape index (κ2) is 5.90. The van der Waals surface area contributed by atoms with Gasteiger partial charge in [0.15, 0.2) is 0 Å². The van der Waals surface area contributed by atoms with Crippen molar-refractivity contribution in [1.82, 2.24) is 4.98 Å². The van der Waals surface area contributed by atoms with Crippen LogP contribution >= 0.6 is 0 Å². The van der Waals surface area contributed by atoms with Crippen LogP contribution in [0.2, 0.25) is 0 Å². The molecule has 1 aromatic heterocycles. The zero-order chi connectivity index (χ0) is 19.6. The van der Waals surface area contributed by atoms with E-state index in [2.05, 4.69) is 4.98 Å². The third-order valence-corrected chi connectivity index (χ3v) is 5.49. The summed E-state index contributed by atoms with van der Waals surface area (Å²) >= 11 is 0. The number of rotatable bonds is 1. The molecule has 0 amide bonds. The van der Waals surface area contributed by atoms with E-state index in [-0.39, 0.29) is 22.2 Å². The van der Waals surface area contributed by atoms with Gasteiger partial charge >= 0.3 is 12.4 Å². The van der Waals surface area contributed by atoms with Gasteiger partial charge in [0.2, 0.25) is 5.56 Å². The van der Waals surface area contributed by atoms with Crippen LogP contribution in [-0.2, 0) is 6.18 Å². The summed E-state index contributed by atoms with van der Waals surface area (Å²) in [6.07, 6.45) is -6.71. The maximum absolute atomic E-state index is 13.6. The fraction of sp³-hybridized carbons (Fsp3) is 0.500. The van der Waals surface area contributed by atoms with Crippen LogP contribution in [0.15, 0.2) is 23.0 Å². The molecule has 4 rings (SSSR count). The fourth-order valence-corrected chi connectivity index (χ4v) is 4.62. The third kappa shape index (κ3) is 3.06. The normalized spacial score (nSPS) is 22.8. The lowest BCUT2D eigenvalue weighted by molar-refractivity contribution is -0.136. The van der Waals surface area contributed by atoms with Crippen molar-refractivity contribution in [1.29, 1.82) is 0 Å². The Labute approximate surface area is 150 Å². The Hall–Kier alpha value is -2.19. The first-order chi connectivity index (χ1) is 12.6. The highest BCUT2D eigenvalue weighted by Crippen LogP contribution is 2.52. The van der Waals surface area contributed by atoms with E-state index >= 15 is 0 Å². The van der Waals surface area contributed by atoms with Gasteiger partial charge in [0.1, 0.15) is 6.54 Å². The number of pyridine rings is 1. The monoisotopic (exact) mass is 390 g/mol. The van der Waals surface area contributed by atoms with Crippen molar-refractivity contribution in [3.8, 4) is 0 Å². The lowest BCUT2D eigenvalue weighted by Gasteiger charge is -2.34. The molecule has 146 valence electrons. The van der Waals surface area contributed by atoms with Gasteiger partial charge in [0.05, 0.1) is 5.56 Å². The molecule has 0 saturated heterocycles. The Kier molecular flexibility index (Phi) is 3.98. The molecule has 2 aromatic rings. The van der Waals surface area contributed by atoms with Crippen LogP contribution in [0, 0.1) is 0 Å². The van der Waals surface area contributed by atoms with E-state index in [9.17, 15) is 31.1 Å². The van der Waals surface area contributed by atoms with Crippen molar-refractivity contribution in [2.75, 3.05) is 11.4 Å². The molecule has 1 aliphatic heterocycles. The highest BCUT2D eigenvalue weighted by Gasteiger charge is 2.46. The molecule has 3 nitrogen and oxygen atoms in total. The van der Waals surface area contributed by atoms with Gasteiger partial charge in [-0.25, -0.2) is 0 Å². The molecule has 2 unspecified atom stereocenters. The molecule has 0 radical (unpaired) electrons. The van der Waals surface area contributed by atoms with Crippen LogP contribution in [0.25, 0.3) is 10.9 Å². The zero-order valence-corrected chi connectivity index (χ0v) is 14.0. The van der Waals surface area contributed by atoms with Gasteiger partial charge in [0.25, 0.3) is 0 Å². The first kappa shape index (κ1) is 18.2. The quantitative estimate of drug-likeness (QED) is 0.699. The van der Waals surface area contributed by atoms with E-state index in [0.29, 0.717) is 18.9 Å². The maximum atomic E-state index is 13.6. The smallest absolute Gasteiger partial charge is 0.359 e. The van der Waals surface area contributed by atoms with Crippen LogP contribution in [0.3, 0.4) is 0 Å². The number of benzene rings is 1. The van der Waals surface area contributed by atoms with Gasteiger partial charge in [0, 0.05) is 34.6 Å². The van der Waals surface area contributed by atoms with Gasteiger partial charge in [-0.05, 0) is 30.5 Å². The Bertz CT molecular complexity index is 946. The summed E-state index contributed by atoms with van der Waals surface area (Å²) in [5.41, 5.74) is -1.50. The standard InChI is InChI=1S/C18H16F6N2O/c19-17(20,21)8-26-12-4-2-1-3-9(12)15-13(26)6-5-11-16(15)10(18(22,23)24)7-14(27)25-11/h5-7,9,12H,1-4,8H2,(H,25,27). The topological polar surface area (TPSA) is 36.1 Å². The Balaban J connectivity index is 2.01. The Morgan fingerprint density at radius 1 is 1.07 bits per heavy atom. The summed E-state index contributed by atoms with van der Waals surface area (Å²) in [4.78, 5) is 15.3. The molecule has 1 aromatic carbocycles. The molecule has 9 heteroatoms. The highest BCUT2D eigenvalue weighted by atomic mass is 19.4. The maximum Gasteiger partial charge on any atom is 0.417 e. The molecule has 1 fully saturated rings. The lowest BCUT2D eigenvalue weighted by Crippen LogP contribution is -2.41. The Morgan fingerprint density at radius 2 is 1.78 bits per heavy atom. The molecule has 0 bridgehead atoms. The first-order valence-corrected chi connectivity index (χ1v) is 8.67. The van der Waals surface area contributed by atoms with Crippen molar-refractivity contribution in [3.05, 3.63) is 39.7 Å². The number of anilines is 1. The van der Waals surface area contributed by atoms with Crippen molar-refractivity contribution in [2.45, 2.75) is 50.0 Å². The van der Waals surface area contributed by atoms with Gasteiger partial charge in [-0.1, -0.05) is 12.8 Å². The van der Waals surface area contributed by atoms with E-state index in [4.69, 9.17) is 0 Å². The number of nitrogens with one attached hydrogen (secondary N) is 1. The molecule has 1 N–H and O–H groups in total. The van der Waals surface area contributed by atoms with Gasteiger partial charge in [-0.15, -0.1) is 0 Å². The average molecular weight is 390 g/mol. The average Bonchev–Trinajstić information content (AvgIpc) is 2.86. The second-order valence-electron chi connectivity index (χ2n) is 7.17. The summed E-state index contributed by atoms with van der Waals surface area (Å²) in [7, 11) is 0. The molecule has 1 saturated carbocycles. The minimum absolute atomic E-state index is 0.00626. The Morgan fingerprint density at radius 3 is 2.44 bits per heavy atom. The fourth-order valence-electron chi connectivity index (χ4n) is 4.62. The number of nitrogens with zero attached hydrogens (tertiary/aromatic N) is 1. The summed E-state index contributed by atoms with van der Waals surface area (Å²) in [6.45, 7) is -1.20. The van der Waals surface area contributed by atoms with Crippen molar-refractivity contribution in [2.24, 2.45) is 0 Å². The van der Waals surface area contributed by atoms with Crippen LogP contribution in [0.1, 0.15) is 42.7 Å². The van der Waals surface area contributed by atoms with Crippen molar-refractivity contribution >= 4 is 16.6 Å². The third-order valence-electron chi connectivity index (χ3n) is 5.49. The number of halogens is 6. The molecular weight excluding hydrogens is 374 g/mol. The molecule has 2 heterocycles. The lowest BCUT2D eigenvalue weighted by atomic mass is 9.80. The number of fused-ring (bicyclic) bond motifs is 5. The number of aromatic nitrogens is 1. The zero-order valence-electron chi connectivity index (χ0n) is 14.0. The SMILES string of the molecule is O=c1cc(C(F)(F)F)c2c3c(ccc2[nH]1)N(CC(F)(F)F)C1CCCCC31. The molecule has 2 atom stereocenters. The van der Waals surface area contributed by atoms with E-state index < -0.39 is 42.0 Å². The number of hydrogen-bond donors (Lipinski definition) is 1. The molecule has 2 aliphatic rings. The first-order valence-electron chi connectivity index (χ1n) is 8.67. The van der Waals surface area contributed by atoms with E-state index in [1.54, 1.807) is 0 Å². The summed E-state index contributed by atoms with van der Waals surface area (Å²) < 4.78 is 80.2. The van der Waals surface area contributed by atoms with Crippen molar-refractivity contribution < 1.29 is 26.3 Å². The van der Waals surface area contributed by atoms with E-state index in [1.807, 2.05) is 0 Å². The van der Waals surface area contributed by atoms with Gasteiger partial charge in [-0.3, -0.25) is 4.79 Å². The second-order valence-corrected chi connectivity index (χ2v) is 7.17. The largest absolute Gasteiger partial charge is 0.417 e. The molecular formula is C18H16F6N2O. The number of alkyl halides is 6. The van der Waals surface area contributed by atoms with Crippen LogP contribution < -0.4 is 10.5 Å². The van der Waals surface area contributed by atoms with Gasteiger partial charge < -0.3 is 9.88 Å². The minimum Gasteiger partial charge on any atom is -0.359 e. The predicted octanol–water partition coefficient (Wildman–Crippen LogP) is 4.96. The van der Waals surface area contributed by atoms with E-state index in [0.717, 1.165) is 12.8 Å². The molecule has 0 spiro atoms. The van der Waals surface area contributed by atoms with Crippen LogP contribution in [0.4, 0.5) is 32.0 Å².